The van der Waals surface area contributed by atoms with Crippen LogP contribution in [0.3, 0.4) is 0 Å². The van der Waals surface area contributed by atoms with Crippen LogP contribution in [-0.2, 0) is 6.61 Å². The summed E-state index contributed by atoms with van der Waals surface area (Å²) in [6, 6.07) is 11.1. The second kappa shape index (κ2) is 7.19. The van der Waals surface area contributed by atoms with Crippen molar-refractivity contribution in [2.75, 3.05) is 25.1 Å². The van der Waals surface area contributed by atoms with Crippen molar-refractivity contribution in [3.8, 4) is 11.6 Å². The third kappa shape index (κ3) is 3.84. The van der Waals surface area contributed by atoms with Crippen LogP contribution in [0.5, 0.6) is 11.6 Å². The van der Waals surface area contributed by atoms with Crippen LogP contribution in [-0.4, -0.2) is 31.5 Å². The molecule has 2 aromatic rings. The minimum atomic E-state index is 0.354. The number of ether oxygens (including phenoxy) is 2. The van der Waals surface area contributed by atoms with Gasteiger partial charge in [0, 0.05) is 23.2 Å². The van der Waals surface area contributed by atoms with Gasteiger partial charge in [-0.05, 0) is 18.2 Å². The molecule has 23 heavy (non-hydrogen) atoms. The van der Waals surface area contributed by atoms with E-state index in [0.717, 1.165) is 24.5 Å². The topological polar surface area (TPSA) is 59.0 Å². The Labute approximate surface area is 139 Å². The first-order chi connectivity index (χ1) is 11.3. The Morgan fingerprint density at radius 2 is 2.22 bits per heavy atom. The van der Waals surface area contributed by atoms with Crippen LogP contribution < -0.4 is 19.8 Å². The predicted molar refractivity (Wildman–Crippen MR) is 90.4 cm³/mol. The summed E-state index contributed by atoms with van der Waals surface area (Å²) in [5.74, 6) is 2.05. The van der Waals surface area contributed by atoms with Crippen LogP contribution in [0.25, 0.3) is 0 Å². The van der Waals surface area contributed by atoms with E-state index in [1.54, 1.807) is 19.5 Å². The average Bonchev–Trinajstić information content (AvgIpc) is 2.61. The monoisotopic (exact) mass is 332 g/mol. The zero-order valence-corrected chi connectivity index (χ0v) is 13.5. The molecule has 0 saturated heterocycles. The first-order valence-electron chi connectivity index (χ1n) is 7.21. The van der Waals surface area contributed by atoms with E-state index in [4.69, 9.17) is 21.1 Å². The van der Waals surface area contributed by atoms with Crippen LogP contribution in [0.1, 0.15) is 5.56 Å². The van der Waals surface area contributed by atoms with Crippen molar-refractivity contribution in [2.45, 2.75) is 6.61 Å². The van der Waals surface area contributed by atoms with Crippen LogP contribution in [0.2, 0.25) is 5.02 Å². The van der Waals surface area contributed by atoms with Crippen LogP contribution in [0.15, 0.2) is 41.5 Å². The van der Waals surface area contributed by atoms with E-state index in [1.165, 1.54) is 0 Å². The minimum absolute atomic E-state index is 0.354. The average molecular weight is 333 g/mol. The molecule has 1 aliphatic rings. The van der Waals surface area contributed by atoms with Crippen molar-refractivity contribution in [2.24, 2.45) is 5.10 Å². The number of pyridine rings is 1. The Morgan fingerprint density at radius 1 is 1.30 bits per heavy atom. The molecular formula is C16H17ClN4O2. The molecule has 0 spiro atoms. The summed E-state index contributed by atoms with van der Waals surface area (Å²) in [5, 5.41) is 4.66. The van der Waals surface area contributed by atoms with Crippen molar-refractivity contribution in [3.05, 3.63) is 47.0 Å². The molecule has 0 fully saturated rings. The van der Waals surface area contributed by atoms with Gasteiger partial charge in [-0.3, -0.25) is 0 Å². The van der Waals surface area contributed by atoms with Gasteiger partial charge < -0.3 is 19.8 Å². The maximum atomic E-state index is 5.96. The van der Waals surface area contributed by atoms with E-state index >= 15 is 0 Å². The number of nitrogens with one attached hydrogen (secondary N) is 1. The van der Waals surface area contributed by atoms with Gasteiger partial charge in [0.2, 0.25) is 5.88 Å². The molecule has 1 aromatic carbocycles. The third-order valence-electron chi connectivity index (χ3n) is 3.38. The second-order valence-corrected chi connectivity index (χ2v) is 5.36. The van der Waals surface area contributed by atoms with Crippen LogP contribution >= 0.6 is 11.6 Å². The highest BCUT2D eigenvalue weighted by Gasteiger charge is 2.10. The summed E-state index contributed by atoms with van der Waals surface area (Å²) in [5.41, 5.74) is 3.82. The molecule has 7 heteroatoms. The normalized spacial score (nSPS) is 13.6. The number of halogens is 1. The molecule has 0 atom stereocenters. The highest BCUT2D eigenvalue weighted by atomic mass is 35.5. The van der Waals surface area contributed by atoms with Crippen molar-refractivity contribution in [3.63, 3.8) is 0 Å². The molecule has 1 aromatic heterocycles. The highest BCUT2D eigenvalue weighted by molar-refractivity contribution is 6.30. The number of nitrogens with zero attached hydrogens (tertiary/aromatic N) is 3. The number of methoxy groups -OCH3 is 1. The molecule has 2 heterocycles. The molecule has 1 aliphatic heterocycles. The molecule has 0 aliphatic carbocycles. The van der Waals surface area contributed by atoms with E-state index in [1.807, 2.05) is 35.2 Å². The molecule has 6 nitrogen and oxygen atoms in total. The van der Waals surface area contributed by atoms with E-state index in [2.05, 4.69) is 15.5 Å². The van der Waals surface area contributed by atoms with E-state index in [-0.39, 0.29) is 0 Å². The van der Waals surface area contributed by atoms with Gasteiger partial charge in [-0.1, -0.05) is 23.7 Å². The first-order valence-corrected chi connectivity index (χ1v) is 7.59. The maximum Gasteiger partial charge on any atom is 0.215 e. The number of hydrogen-bond acceptors (Lipinski definition) is 6. The lowest BCUT2D eigenvalue weighted by molar-refractivity contribution is 0.286. The number of hydrazone groups is 1. The fraction of sp³-hybridized carbons (Fsp3) is 0.250. The second-order valence-electron chi connectivity index (χ2n) is 4.92. The highest BCUT2D eigenvalue weighted by Crippen LogP contribution is 2.24. The number of anilines is 1. The van der Waals surface area contributed by atoms with Gasteiger partial charge in [-0.25, -0.2) is 0 Å². The first kappa shape index (κ1) is 15.4. The number of hydrogen-bond donors (Lipinski definition) is 1. The van der Waals surface area contributed by atoms with E-state index in [9.17, 15) is 0 Å². The van der Waals surface area contributed by atoms with Crippen molar-refractivity contribution < 1.29 is 9.47 Å². The fourth-order valence-electron chi connectivity index (χ4n) is 2.21. The summed E-state index contributed by atoms with van der Waals surface area (Å²) in [6.07, 6.45) is 1.72. The Hall–Kier alpha value is -2.47. The van der Waals surface area contributed by atoms with Gasteiger partial charge in [-0.2, -0.15) is 10.1 Å². The van der Waals surface area contributed by atoms with Gasteiger partial charge in [0.25, 0.3) is 0 Å². The largest absolute Gasteiger partial charge is 0.496 e. The Balaban J connectivity index is 1.71. The summed E-state index contributed by atoms with van der Waals surface area (Å²) in [4.78, 5) is 6.47. The zero-order valence-electron chi connectivity index (χ0n) is 12.7. The lowest BCUT2D eigenvalue weighted by Crippen LogP contribution is -2.35. The van der Waals surface area contributed by atoms with E-state index in [0.29, 0.717) is 23.3 Å². The number of aromatic nitrogens is 1. The quantitative estimate of drug-likeness (QED) is 0.912. The molecule has 0 radical (unpaired) electrons. The molecule has 0 saturated carbocycles. The Bertz CT molecular complexity index is 708. The smallest absolute Gasteiger partial charge is 0.215 e. The fourth-order valence-corrected chi connectivity index (χ4v) is 2.37. The summed E-state index contributed by atoms with van der Waals surface area (Å²) < 4.78 is 11.1. The maximum absolute atomic E-state index is 5.96. The van der Waals surface area contributed by atoms with Crippen molar-refractivity contribution >= 4 is 23.8 Å². The molecular weight excluding hydrogens is 316 g/mol. The molecule has 0 unspecified atom stereocenters. The summed E-state index contributed by atoms with van der Waals surface area (Å²) >= 11 is 5.96. The van der Waals surface area contributed by atoms with E-state index < -0.39 is 0 Å². The van der Waals surface area contributed by atoms with Crippen molar-refractivity contribution in [1.29, 1.82) is 0 Å². The molecule has 120 valence electrons. The minimum Gasteiger partial charge on any atom is -0.496 e. The molecule has 0 amide bonds. The summed E-state index contributed by atoms with van der Waals surface area (Å²) in [6.45, 7) is 1.95. The Kier molecular flexibility index (Phi) is 4.83. The third-order valence-corrected chi connectivity index (χ3v) is 3.62. The van der Waals surface area contributed by atoms with Gasteiger partial charge in [0.1, 0.15) is 24.5 Å². The molecule has 0 bridgehead atoms. The van der Waals surface area contributed by atoms with Gasteiger partial charge in [0.15, 0.2) is 0 Å². The Morgan fingerprint density at radius 3 is 3.00 bits per heavy atom. The standard InChI is InChI=1S/C16H17ClN4O2/c1-22-14-9-13(17)6-5-12(14)10-23-16-4-2-3-15(20-16)21-8-7-18-19-11-21/h2-6,9,11,18H,7-8,10H2,1H3. The number of rotatable bonds is 5. The lowest BCUT2D eigenvalue weighted by atomic mass is 10.2. The number of benzene rings is 1. The summed E-state index contributed by atoms with van der Waals surface area (Å²) in [7, 11) is 1.61. The van der Waals surface area contributed by atoms with Gasteiger partial charge in [-0.15, -0.1) is 0 Å². The molecule has 1 N–H and O–H groups in total. The SMILES string of the molecule is COc1cc(Cl)ccc1COc1cccc(N2C=NNCC2)n1. The molecule has 3 rings (SSSR count). The predicted octanol–water partition coefficient (Wildman–Crippen LogP) is 2.68. The lowest BCUT2D eigenvalue weighted by Gasteiger charge is -2.22. The van der Waals surface area contributed by atoms with Crippen LogP contribution in [0, 0.1) is 0 Å². The van der Waals surface area contributed by atoms with Gasteiger partial charge in [0.05, 0.1) is 13.7 Å². The van der Waals surface area contributed by atoms with Gasteiger partial charge >= 0.3 is 0 Å². The van der Waals surface area contributed by atoms with Crippen molar-refractivity contribution in [1.82, 2.24) is 10.4 Å². The zero-order chi connectivity index (χ0) is 16.1. The van der Waals surface area contributed by atoms with Crippen LogP contribution in [0.4, 0.5) is 5.82 Å².